The molecule has 0 fully saturated rings. The largest absolute Gasteiger partial charge is 0.426 e. The van der Waals surface area contributed by atoms with E-state index in [4.69, 9.17) is 4.74 Å². The van der Waals surface area contributed by atoms with Crippen LogP contribution >= 0.6 is 0 Å². The van der Waals surface area contributed by atoms with Gasteiger partial charge in [-0.3, -0.25) is 4.79 Å². The number of rotatable bonds is 1. The van der Waals surface area contributed by atoms with Gasteiger partial charge < -0.3 is 4.74 Å². The number of ether oxygens (including phenoxy) is 1. The third kappa shape index (κ3) is 1.84. The van der Waals surface area contributed by atoms with Gasteiger partial charge in [0.15, 0.2) is 0 Å². The summed E-state index contributed by atoms with van der Waals surface area (Å²) in [6, 6.07) is 5.79. The van der Waals surface area contributed by atoms with Crippen molar-refractivity contribution in [2.24, 2.45) is 0 Å². The van der Waals surface area contributed by atoms with E-state index in [9.17, 15) is 4.79 Å². The Kier molecular flexibility index (Phi) is 2.48. The second-order valence-electron chi connectivity index (χ2n) is 2.81. The molecule has 1 rings (SSSR count). The van der Waals surface area contributed by atoms with Crippen LogP contribution in [-0.4, -0.2) is 5.97 Å². The van der Waals surface area contributed by atoms with Crippen molar-refractivity contribution in [2.45, 2.75) is 20.8 Å². The molecule has 0 unspecified atom stereocenters. The van der Waals surface area contributed by atoms with Crippen LogP contribution in [0.3, 0.4) is 0 Å². The minimum atomic E-state index is -0.271. The maximum Gasteiger partial charge on any atom is 0.308 e. The van der Waals surface area contributed by atoms with Crippen molar-refractivity contribution in [3.63, 3.8) is 0 Å². The molecule has 2 nitrogen and oxygen atoms in total. The van der Waals surface area contributed by atoms with Gasteiger partial charge in [0, 0.05) is 6.92 Å². The van der Waals surface area contributed by atoms with Gasteiger partial charge in [0.2, 0.25) is 0 Å². The van der Waals surface area contributed by atoms with Crippen LogP contribution in [0.5, 0.6) is 5.75 Å². The van der Waals surface area contributed by atoms with Crippen LogP contribution in [0.1, 0.15) is 18.1 Å². The van der Waals surface area contributed by atoms with Crippen LogP contribution in [0.4, 0.5) is 0 Å². The Bertz CT molecular complexity index is 282. The van der Waals surface area contributed by atoms with E-state index in [1.807, 2.05) is 32.0 Å². The molecule has 0 aliphatic carbocycles. The lowest BCUT2D eigenvalue weighted by Crippen LogP contribution is -2.04. The maximum atomic E-state index is 10.7. The highest BCUT2D eigenvalue weighted by molar-refractivity contribution is 5.70. The average Bonchev–Trinajstić information content (AvgIpc) is 1.97. The smallest absolute Gasteiger partial charge is 0.308 e. The second-order valence-corrected chi connectivity index (χ2v) is 2.81. The van der Waals surface area contributed by atoms with Gasteiger partial charge in [-0.25, -0.2) is 0 Å². The van der Waals surface area contributed by atoms with Crippen molar-refractivity contribution in [2.75, 3.05) is 0 Å². The number of aryl methyl sites for hydroxylation is 2. The molecule has 0 radical (unpaired) electrons. The maximum absolute atomic E-state index is 10.7. The van der Waals surface area contributed by atoms with E-state index < -0.39 is 0 Å². The highest BCUT2D eigenvalue weighted by Gasteiger charge is 2.04. The molecule has 0 bridgehead atoms. The molecular weight excluding hydrogens is 152 g/mol. The monoisotopic (exact) mass is 164 g/mol. The lowest BCUT2D eigenvalue weighted by Gasteiger charge is -2.07. The molecule has 0 aromatic heterocycles. The van der Waals surface area contributed by atoms with Gasteiger partial charge in [0.1, 0.15) is 5.75 Å². The molecule has 0 saturated heterocycles. The summed E-state index contributed by atoms with van der Waals surface area (Å²) in [4.78, 5) is 10.7. The zero-order chi connectivity index (χ0) is 9.14. The van der Waals surface area contributed by atoms with Gasteiger partial charge in [-0.1, -0.05) is 18.2 Å². The number of carbonyl (C=O) groups excluding carboxylic acids is 1. The summed E-state index contributed by atoms with van der Waals surface area (Å²) in [5, 5.41) is 0. The Morgan fingerprint density at radius 2 is 1.75 bits per heavy atom. The minimum Gasteiger partial charge on any atom is -0.426 e. The summed E-state index contributed by atoms with van der Waals surface area (Å²) in [5.41, 5.74) is 1.98. The van der Waals surface area contributed by atoms with Crippen molar-refractivity contribution >= 4 is 5.97 Å². The molecule has 2 heteroatoms. The van der Waals surface area contributed by atoms with Gasteiger partial charge in [-0.05, 0) is 25.0 Å². The van der Waals surface area contributed by atoms with E-state index >= 15 is 0 Å². The van der Waals surface area contributed by atoms with E-state index in [1.165, 1.54) is 6.92 Å². The summed E-state index contributed by atoms with van der Waals surface area (Å²) >= 11 is 0. The van der Waals surface area contributed by atoms with Gasteiger partial charge in [0.25, 0.3) is 0 Å². The van der Waals surface area contributed by atoms with E-state index in [1.54, 1.807) is 0 Å². The van der Waals surface area contributed by atoms with Crippen molar-refractivity contribution < 1.29 is 9.53 Å². The topological polar surface area (TPSA) is 26.3 Å². The zero-order valence-electron chi connectivity index (χ0n) is 7.55. The van der Waals surface area contributed by atoms with Crippen molar-refractivity contribution in [1.82, 2.24) is 0 Å². The molecule has 0 heterocycles. The third-order valence-corrected chi connectivity index (χ3v) is 1.65. The quantitative estimate of drug-likeness (QED) is 0.470. The summed E-state index contributed by atoms with van der Waals surface area (Å²) in [5.74, 6) is 0.414. The predicted molar refractivity (Wildman–Crippen MR) is 47.2 cm³/mol. The molecule has 12 heavy (non-hydrogen) atoms. The number of carbonyl (C=O) groups is 1. The Balaban J connectivity index is 3.04. The number of hydrogen-bond donors (Lipinski definition) is 0. The molecule has 64 valence electrons. The fraction of sp³-hybridized carbons (Fsp3) is 0.300. The lowest BCUT2D eigenvalue weighted by molar-refractivity contribution is -0.131. The van der Waals surface area contributed by atoms with Gasteiger partial charge >= 0.3 is 5.97 Å². The number of para-hydroxylation sites is 1. The lowest BCUT2D eigenvalue weighted by atomic mass is 10.1. The van der Waals surface area contributed by atoms with Crippen LogP contribution in [0.15, 0.2) is 18.2 Å². The molecule has 0 aliphatic heterocycles. The molecule has 0 saturated carbocycles. The highest BCUT2D eigenvalue weighted by atomic mass is 16.5. The molecule has 0 atom stereocenters. The summed E-state index contributed by atoms with van der Waals surface area (Å²) in [6.07, 6.45) is 0. The SMILES string of the molecule is CC(=O)Oc1c(C)cccc1C. The van der Waals surface area contributed by atoms with Crippen LogP contribution < -0.4 is 4.74 Å². The van der Waals surface area contributed by atoms with Crippen LogP contribution in [0.25, 0.3) is 0 Å². The van der Waals surface area contributed by atoms with E-state index in [0.717, 1.165) is 11.1 Å². The first-order valence-corrected chi connectivity index (χ1v) is 3.86. The fourth-order valence-electron chi connectivity index (χ4n) is 1.10. The number of esters is 1. The van der Waals surface area contributed by atoms with E-state index in [-0.39, 0.29) is 5.97 Å². The Hall–Kier alpha value is -1.31. The molecular formula is C10H12O2. The van der Waals surface area contributed by atoms with E-state index in [0.29, 0.717) is 5.75 Å². The van der Waals surface area contributed by atoms with Crippen molar-refractivity contribution in [3.8, 4) is 5.75 Å². The molecule has 0 spiro atoms. The van der Waals surface area contributed by atoms with Gasteiger partial charge in [-0.2, -0.15) is 0 Å². The standard InChI is InChI=1S/C10H12O2/c1-7-5-4-6-8(2)10(7)12-9(3)11/h4-6H,1-3H3. The number of hydrogen-bond acceptors (Lipinski definition) is 2. The minimum absolute atomic E-state index is 0.271. The Labute approximate surface area is 72.2 Å². The Morgan fingerprint density at radius 1 is 1.25 bits per heavy atom. The molecule has 1 aromatic carbocycles. The van der Waals surface area contributed by atoms with E-state index in [2.05, 4.69) is 0 Å². The van der Waals surface area contributed by atoms with Crippen LogP contribution in [0, 0.1) is 13.8 Å². The molecule has 0 N–H and O–H groups in total. The third-order valence-electron chi connectivity index (χ3n) is 1.65. The second kappa shape index (κ2) is 3.39. The highest BCUT2D eigenvalue weighted by Crippen LogP contribution is 2.22. The zero-order valence-corrected chi connectivity index (χ0v) is 7.55. The number of benzene rings is 1. The molecule has 1 aromatic rings. The molecule has 0 aliphatic rings. The van der Waals surface area contributed by atoms with Gasteiger partial charge in [0.05, 0.1) is 0 Å². The summed E-state index contributed by atoms with van der Waals surface area (Å²) in [6.45, 7) is 5.25. The summed E-state index contributed by atoms with van der Waals surface area (Å²) in [7, 11) is 0. The van der Waals surface area contributed by atoms with Crippen molar-refractivity contribution in [3.05, 3.63) is 29.3 Å². The normalized spacial score (nSPS) is 9.58. The first kappa shape index (κ1) is 8.78. The molecule has 0 amide bonds. The average molecular weight is 164 g/mol. The fourth-order valence-corrected chi connectivity index (χ4v) is 1.10. The summed E-state index contributed by atoms with van der Waals surface area (Å²) < 4.78 is 5.04. The predicted octanol–water partition coefficient (Wildman–Crippen LogP) is 2.23. The first-order valence-electron chi connectivity index (χ1n) is 3.86. The van der Waals surface area contributed by atoms with Crippen LogP contribution in [0.2, 0.25) is 0 Å². The van der Waals surface area contributed by atoms with Crippen molar-refractivity contribution in [1.29, 1.82) is 0 Å². The Morgan fingerprint density at radius 3 is 2.17 bits per heavy atom. The van der Waals surface area contributed by atoms with Gasteiger partial charge in [-0.15, -0.1) is 0 Å². The first-order chi connectivity index (χ1) is 5.61. The van der Waals surface area contributed by atoms with Crippen LogP contribution in [-0.2, 0) is 4.79 Å².